The normalized spacial score (nSPS) is 18.4. The van der Waals surface area contributed by atoms with Crippen LogP contribution in [0.4, 0.5) is 24.5 Å². The summed E-state index contributed by atoms with van der Waals surface area (Å²) in [6.07, 6.45) is -5.57. The summed E-state index contributed by atoms with van der Waals surface area (Å²) in [6.45, 7) is 1.68. The number of hydrogen-bond acceptors (Lipinski definition) is 4. The van der Waals surface area contributed by atoms with Gasteiger partial charge in [-0.25, -0.2) is 0 Å². The molecular formula is C19H20F3N3O2S. The van der Waals surface area contributed by atoms with E-state index in [0.29, 0.717) is 4.90 Å². The Balaban J connectivity index is 1.93. The lowest BCUT2D eigenvalue weighted by Gasteiger charge is -2.33. The first-order valence-electron chi connectivity index (χ1n) is 8.69. The second-order valence-electron chi connectivity index (χ2n) is 6.70. The average Bonchev–Trinajstić information content (AvgIpc) is 3.10. The van der Waals surface area contributed by atoms with Crippen molar-refractivity contribution in [2.75, 3.05) is 23.8 Å². The second kappa shape index (κ2) is 7.92. The fourth-order valence-electron chi connectivity index (χ4n) is 3.17. The molecule has 0 saturated heterocycles. The van der Waals surface area contributed by atoms with Crippen molar-refractivity contribution >= 4 is 34.5 Å². The van der Waals surface area contributed by atoms with Gasteiger partial charge in [-0.1, -0.05) is 18.2 Å². The number of nitrogens with zero attached hydrogens (tertiary/aromatic N) is 2. The molecule has 2 unspecified atom stereocenters. The van der Waals surface area contributed by atoms with E-state index in [1.165, 1.54) is 23.5 Å². The Hall–Kier alpha value is -2.39. The second-order valence-corrected chi connectivity index (χ2v) is 7.68. The summed E-state index contributed by atoms with van der Waals surface area (Å²) in [5.74, 6) is -1.48. The summed E-state index contributed by atoms with van der Waals surface area (Å²) in [7, 11) is 1.69. The molecular weight excluding hydrogens is 391 g/mol. The number of likely N-dealkylation sites (N-methyl/N-ethyl adjacent to an activating group) is 1. The molecule has 0 saturated carbocycles. The largest absolute Gasteiger partial charge is 0.409 e. The highest BCUT2D eigenvalue weighted by Crippen LogP contribution is 2.38. The molecule has 0 bridgehead atoms. The van der Waals surface area contributed by atoms with Crippen molar-refractivity contribution in [1.82, 2.24) is 4.90 Å². The Morgan fingerprint density at radius 2 is 2.04 bits per heavy atom. The molecule has 3 rings (SSSR count). The number of benzene rings is 1. The number of halogens is 3. The lowest BCUT2D eigenvalue weighted by molar-refractivity contribution is -0.158. The van der Waals surface area contributed by atoms with Crippen molar-refractivity contribution in [3.05, 3.63) is 46.7 Å². The highest BCUT2D eigenvalue weighted by Gasteiger charge is 2.49. The van der Waals surface area contributed by atoms with Gasteiger partial charge >= 0.3 is 6.18 Å². The van der Waals surface area contributed by atoms with Gasteiger partial charge in [-0.15, -0.1) is 11.3 Å². The first-order chi connectivity index (χ1) is 13.2. The maximum atomic E-state index is 13.7. The Morgan fingerprint density at radius 1 is 1.32 bits per heavy atom. The summed E-state index contributed by atoms with van der Waals surface area (Å²) in [4.78, 5) is 28.4. The molecule has 0 radical (unpaired) electrons. The smallest absolute Gasteiger partial charge is 0.324 e. The lowest BCUT2D eigenvalue weighted by atomic mass is 10.1. The fraction of sp³-hybridized carbons (Fsp3) is 0.368. The van der Waals surface area contributed by atoms with Gasteiger partial charge in [-0.2, -0.15) is 13.2 Å². The number of fused-ring (bicyclic) bond motifs is 1. The number of para-hydroxylation sites is 2. The highest BCUT2D eigenvalue weighted by atomic mass is 32.1. The van der Waals surface area contributed by atoms with Gasteiger partial charge in [0.05, 0.1) is 24.3 Å². The van der Waals surface area contributed by atoms with Crippen LogP contribution >= 0.6 is 11.3 Å². The molecule has 2 atom stereocenters. The highest BCUT2D eigenvalue weighted by molar-refractivity contribution is 7.10. The zero-order chi connectivity index (χ0) is 20.5. The molecule has 5 nitrogen and oxygen atoms in total. The first kappa shape index (κ1) is 20.3. The molecule has 1 aliphatic rings. The van der Waals surface area contributed by atoms with Gasteiger partial charge in [0, 0.05) is 10.9 Å². The number of carbonyl (C=O) groups excluding carboxylic acids is 2. The van der Waals surface area contributed by atoms with E-state index >= 15 is 0 Å². The van der Waals surface area contributed by atoms with Crippen molar-refractivity contribution in [2.24, 2.45) is 0 Å². The van der Waals surface area contributed by atoms with Gasteiger partial charge in [0.1, 0.15) is 6.04 Å². The van der Waals surface area contributed by atoms with Crippen LogP contribution < -0.4 is 10.2 Å². The van der Waals surface area contributed by atoms with Crippen LogP contribution in [-0.2, 0) is 9.59 Å². The molecule has 1 aromatic heterocycles. The maximum absolute atomic E-state index is 13.7. The van der Waals surface area contributed by atoms with E-state index in [9.17, 15) is 22.8 Å². The van der Waals surface area contributed by atoms with E-state index in [0.717, 1.165) is 4.88 Å². The van der Waals surface area contributed by atoms with Crippen LogP contribution in [0.25, 0.3) is 0 Å². The fourth-order valence-corrected chi connectivity index (χ4v) is 4.02. The third kappa shape index (κ3) is 4.20. The molecule has 2 aromatic rings. The van der Waals surface area contributed by atoms with Gasteiger partial charge in [-0.05, 0) is 37.6 Å². The Labute approximate surface area is 164 Å². The number of amides is 2. The van der Waals surface area contributed by atoms with Crippen LogP contribution in [0.3, 0.4) is 0 Å². The van der Waals surface area contributed by atoms with Gasteiger partial charge in [0.2, 0.25) is 11.8 Å². The summed E-state index contributed by atoms with van der Waals surface area (Å²) < 4.78 is 41.2. The van der Waals surface area contributed by atoms with E-state index in [4.69, 9.17) is 0 Å². The number of nitrogens with one attached hydrogen (secondary N) is 1. The van der Waals surface area contributed by atoms with E-state index in [2.05, 4.69) is 5.32 Å². The first-order valence-corrected chi connectivity index (χ1v) is 9.57. The summed E-state index contributed by atoms with van der Waals surface area (Å²) in [5.41, 5.74) is 0.249. The molecule has 0 spiro atoms. The van der Waals surface area contributed by atoms with Crippen LogP contribution in [0.1, 0.15) is 24.3 Å². The van der Waals surface area contributed by atoms with Crippen LogP contribution in [0, 0.1) is 0 Å². The SMILES string of the molecule is CC(c1cccs1)N(C)CC(=O)N1c2ccccc2NC(=O)CC1C(F)(F)F. The summed E-state index contributed by atoms with van der Waals surface area (Å²) >= 11 is 1.52. The number of carbonyl (C=O) groups is 2. The minimum Gasteiger partial charge on any atom is -0.324 e. The van der Waals surface area contributed by atoms with E-state index in [1.807, 2.05) is 24.4 Å². The molecule has 2 amide bonds. The Bertz CT molecular complexity index is 854. The number of thiophene rings is 1. The average molecular weight is 411 g/mol. The van der Waals surface area contributed by atoms with Crippen LogP contribution in [-0.4, -0.2) is 42.5 Å². The number of rotatable bonds is 4. The van der Waals surface area contributed by atoms with Crippen molar-refractivity contribution in [3.63, 3.8) is 0 Å². The van der Waals surface area contributed by atoms with Gasteiger partial charge in [-0.3, -0.25) is 19.4 Å². The molecule has 0 aliphatic carbocycles. The minimum absolute atomic E-state index is 0.0536. The molecule has 2 heterocycles. The van der Waals surface area contributed by atoms with Gasteiger partial charge in [0.15, 0.2) is 0 Å². The quantitative estimate of drug-likeness (QED) is 0.826. The molecule has 1 aliphatic heterocycles. The predicted octanol–water partition coefficient (Wildman–Crippen LogP) is 4.05. The molecule has 1 aromatic carbocycles. The van der Waals surface area contributed by atoms with Crippen molar-refractivity contribution in [1.29, 1.82) is 0 Å². The molecule has 28 heavy (non-hydrogen) atoms. The van der Waals surface area contributed by atoms with E-state index < -0.39 is 30.5 Å². The molecule has 0 fully saturated rings. The zero-order valence-corrected chi connectivity index (χ0v) is 16.2. The number of alkyl halides is 3. The van der Waals surface area contributed by atoms with Gasteiger partial charge in [0.25, 0.3) is 0 Å². The summed E-state index contributed by atoms with van der Waals surface area (Å²) in [5, 5.41) is 4.37. The Kier molecular flexibility index (Phi) is 5.76. The van der Waals surface area contributed by atoms with Crippen LogP contribution in [0.2, 0.25) is 0 Å². The molecule has 1 N–H and O–H groups in total. The van der Waals surface area contributed by atoms with Crippen molar-refractivity contribution < 1.29 is 22.8 Å². The third-order valence-corrected chi connectivity index (χ3v) is 5.82. The zero-order valence-electron chi connectivity index (χ0n) is 15.4. The lowest BCUT2D eigenvalue weighted by Crippen LogP contribution is -2.52. The number of hydrogen-bond donors (Lipinski definition) is 1. The van der Waals surface area contributed by atoms with Crippen LogP contribution in [0.15, 0.2) is 41.8 Å². The van der Waals surface area contributed by atoms with E-state index in [1.54, 1.807) is 24.1 Å². The third-order valence-electron chi connectivity index (χ3n) is 4.78. The standard InChI is InChI=1S/C19H20F3N3O2S/c1-12(15-8-5-9-28-15)24(2)11-18(27)25-14-7-4-3-6-13(14)23-17(26)10-16(25)19(20,21)22/h3-9,12,16H,10-11H2,1-2H3,(H,23,26). The van der Waals surface area contributed by atoms with Crippen LogP contribution in [0.5, 0.6) is 0 Å². The predicted molar refractivity (Wildman–Crippen MR) is 102 cm³/mol. The Morgan fingerprint density at radius 3 is 2.68 bits per heavy atom. The van der Waals surface area contributed by atoms with E-state index in [-0.39, 0.29) is 24.0 Å². The maximum Gasteiger partial charge on any atom is 0.409 e. The van der Waals surface area contributed by atoms with Crippen molar-refractivity contribution in [3.8, 4) is 0 Å². The molecule has 9 heteroatoms. The topological polar surface area (TPSA) is 52.7 Å². The monoisotopic (exact) mass is 411 g/mol. The van der Waals surface area contributed by atoms with Crippen molar-refractivity contribution in [2.45, 2.75) is 31.6 Å². The summed E-state index contributed by atoms with van der Waals surface area (Å²) in [6, 6.07) is 7.50. The molecule has 150 valence electrons. The van der Waals surface area contributed by atoms with Gasteiger partial charge < -0.3 is 5.32 Å². The minimum atomic E-state index is -4.73. The number of anilines is 2.